The van der Waals surface area contributed by atoms with Crippen molar-refractivity contribution in [3.8, 4) is 11.1 Å². The van der Waals surface area contributed by atoms with Gasteiger partial charge in [0.25, 0.3) is 5.56 Å². The van der Waals surface area contributed by atoms with Gasteiger partial charge in [0, 0.05) is 42.5 Å². The normalized spacial score (nSPS) is 15.3. The number of hydrogen-bond donors (Lipinski definition) is 1. The molecule has 0 spiro atoms. The third kappa shape index (κ3) is 3.67. The first-order chi connectivity index (χ1) is 15.5. The van der Waals surface area contributed by atoms with E-state index in [0.717, 1.165) is 53.1 Å². The fourth-order valence-electron chi connectivity index (χ4n) is 4.14. The molecule has 1 saturated heterocycles. The van der Waals surface area contributed by atoms with Crippen LogP contribution in [0.2, 0.25) is 0 Å². The van der Waals surface area contributed by atoms with Crippen LogP contribution in [-0.2, 0) is 4.74 Å². The molecule has 6 nitrogen and oxygen atoms in total. The van der Waals surface area contributed by atoms with E-state index in [2.05, 4.69) is 20.9 Å². The van der Waals surface area contributed by atoms with Crippen molar-refractivity contribution in [1.29, 1.82) is 0 Å². The standard InChI is InChI=1S/C24H22F2N4O2/c1-15(16-2-3-21(25)22(26)10-16)30-5-4-17(11-23(30)31)20-14-28-24-19(20)12-18(13-27-24)29-6-8-32-9-7-29/h2-5,10-15H,6-9H2,1H3,(H,27,28). The van der Waals surface area contributed by atoms with E-state index in [4.69, 9.17) is 4.74 Å². The molecule has 1 atom stereocenters. The van der Waals surface area contributed by atoms with Crippen molar-refractivity contribution in [3.05, 3.63) is 82.5 Å². The minimum Gasteiger partial charge on any atom is -0.378 e. The third-order valence-electron chi connectivity index (χ3n) is 6.00. The number of fused-ring (bicyclic) bond motifs is 1. The van der Waals surface area contributed by atoms with Crippen LogP contribution in [0.25, 0.3) is 22.2 Å². The van der Waals surface area contributed by atoms with Gasteiger partial charge in [-0.15, -0.1) is 0 Å². The summed E-state index contributed by atoms with van der Waals surface area (Å²) in [5.74, 6) is -1.84. The van der Waals surface area contributed by atoms with Crippen LogP contribution in [-0.4, -0.2) is 40.8 Å². The molecule has 5 rings (SSSR count). The largest absolute Gasteiger partial charge is 0.378 e. The summed E-state index contributed by atoms with van der Waals surface area (Å²) in [5, 5.41) is 0.930. The monoisotopic (exact) mass is 436 g/mol. The predicted octanol–water partition coefficient (Wildman–Crippen LogP) is 4.12. The van der Waals surface area contributed by atoms with Gasteiger partial charge in [-0.3, -0.25) is 4.79 Å². The lowest BCUT2D eigenvalue weighted by atomic mass is 10.1. The molecular formula is C24H22F2N4O2. The van der Waals surface area contributed by atoms with Crippen molar-refractivity contribution >= 4 is 16.7 Å². The highest BCUT2D eigenvalue weighted by Crippen LogP contribution is 2.30. The summed E-state index contributed by atoms with van der Waals surface area (Å²) in [7, 11) is 0. The highest BCUT2D eigenvalue weighted by molar-refractivity contribution is 5.95. The van der Waals surface area contributed by atoms with Crippen LogP contribution >= 0.6 is 0 Å². The van der Waals surface area contributed by atoms with E-state index in [9.17, 15) is 13.6 Å². The number of aromatic amines is 1. The second-order valence-electron chi connectivity index (χ2n) is 7.90. The van der Waals surface area contributed by atoms with E-state index in [0.29, 0.717) is 18.8 Å². The van der Waals surface area contributed by atoms with Gasteiger partial charge in [-0.05, 0) is 42.3 Å². The van der Waals surface area contributed by atoms with Crippen molar-refractivity contribution in [2.75, 3.05) is 31.2 Å². The van der Waals surface area contributed by atoms with Crippen molar-refractivity contribution in [2.24, 2.45) is 0 Å². The fourth-order valence-corrected chi connectivity index (χ4v) is 4.14. The van der Waals surface area contributed by atoms with E-state index in [1.165, 1.54) is 10.6 Å². The van der Waals surface area contributed by atoms with Gasteiger partial charge in [-0.1, -0.05) is 6.07 Å². The van der Waals surface area contributed by atoms with Gasteiger partial charge in [0.1, 0.15) is 5.65 Å². The van der Waals surface area contributed by atoms with Gasteiger partial charge in [0.2, 0.25) is 0 Å². The number of ether oxygens (including phenoxy) is 1. The van der Waals surface area contributed by atoms with Crippen molar-refractivity contribution in [3.63, 3.8) is 0 Å². The van der Waals surface area contributed by atoms with Crippen LogP contribution in [0.3, 0.4) is 0 Å². The highest BCUT2D eigenvalue weighted by Gasteiger charge is 2.16. The SMILES string of the molecule is CC(c1ccc(F)c(F)c1)n1ccc(-c2c[nH]c3ncc(N4CCOCC4)cc23)cc1=O. The Kier molecular flexibility index (Phi) is 5.22. The number of benzene rings is 1. The van der Waals surface area contributed by atoms with Crippen molar-refractivity contribution < 1.29 is 13.5 Å². The zero-order valence-corrected chi connectivity index (χ0v) is 17.5. The van der Waals surface area contributed by atoms with Crippen LogP contribution in [0.15, 0.2) is 59.8 Å². The predicted molar refractivity (Wildman–Crippen MR) is 119 cm³/mol. The second kappa shape index (κ2) is 8.20. The Morgan fingerprint density at radius 2 is 1.91 bits per heavy atom. The van der Waals surface area contributed by atoms with Crippen LogP contribution in [0.1, 0.15) is 18.5 Å². The number of pyridine rings is 2. The molecule has 0 bridgehead atoms. The van der Waals surface area contributed by atoms with Gasteiger partial charge in [0.15, 0.2) is 11.6 Å². The van der Waals surface area contributed by atoms with E-state index < -0.39 is 17.7 Å². The lowest BCUT2D eigenvalue weighted by Gasteiger charge is -2.28. The maximum atomic E-state index is 13.6. The van der Waals surface area contributed by atoms with Crippen molar-refractivity contribution in [1.82, 2.24) is 14.5 Å². The molecule has 3 aromatic heterocycles. The molecule has 4 heterocycles. The number of halogens is 2. The lowest BCUT2D eigenvalue weighted by molar-refractivity contribution is 0.122. The minimum atomic E-state index is -0.929. The Balaban J connectivity index is 1.49. The minimum absolute atomic E-state index is 0.230. The number of nitrogens with one attached hydrogen (secondary N) is 1. The Labute approximate surface area is 183 Å². The number of H-pyrrole nitrogens is 1. The number of morpholine rings is 1. The molecule has 1 aliphatic heterocycles. The van der Waals surface area contributed by atoms with E-state index in [1.807, 2.05) is 18.5 Å². The quantitative estimate of drug-likeness (QED) is 0.523. The van der Waals surface area contributed by atoms with Gasteiger partial charge in [0.05, 0.1) is 31.1 Å². The molecule has 1 unspecified atom stereocenters. The molecule has 1 aromatic carbocycles. The Morgan fingerprint density at radius 1 is 1.09 bits per heavy atom. The number of anilines is 1. The molecule has 1 fully saturated rings. The van der Waals surface area contributed by atoms with Gasteiger partial charge < -0.3 is 19.2 Å². The molecule has 0 aliphatic carbocycles. The smallest absolute Gasteiger partial charge is 0.251 e. The molecule has 1 aliphatic rings. The molecule has 0 amide bonds. The number of aromatic nitrogens is 3. The number of nitrogens with zero attached hydrogens (tertiary/aromatic N) is 3. The molecular weight excluding hydrogens is 414 g/mol. The summed E-state index contributed by atoms with van der Waals surface area (Å²) in [6.07, 6.45) is 5.37. The van der Waals surface area contributed by atoms with E-state index in [-0.39, 0.29) is 5.56 Å². The molecule has 4 aromatic rings. The second-order valence-corrected chi connectivity index (χ2v) is 7.90. The fraction of sp³-hybridized carbons (Fsp3) is 0.250. The van der Waals surface area contributed by atoms with Gasteiger partial charge >= 0.3 is 0 Å². The summed E-state index contributed by atoms with van der Waals surface area (Å²) < 4.78 is 33.8. The average Bonchev–Trinajstić information content (AvgIpc) is 3.24. The Bertz CT molecular complexity index is 1340. The molecule has 0 radical (unpaired) electrons. The molecule has 1 N–H and O–H groups in total. The summed E-state index contributed by atoms with van der Waals surface area (Å²) in [6.45, 7) is 4.77. The topological polar surface area (TPSA) is 63.1 Å². The van der Waals surface area contributed by atoms with Crippen LogP contribution < -0.4 is 10.5 Å². The van der Waals surface area contributed by atoms with Crippen molar-refractivity contribution in [2.45, 2.75) is 13.0 Å². The summed E-state index contributed by atoms with van der Waals surface area (Å²) >= 11 is 0. The van der Waals surface area contributed by atoms with E-state index >= 15 is 0 Å². The van der Waals surface area contributed by atoms with Gasteiger partial charge in [-0.2, -0.15) is 0 Å². The highest BCUT2D eigenvalue weighted by atomic mass is 19.2. The first-order valence-corrected chi connectivity index (χ1v) is 10.5. The lowest BCUT2D eigenvalue weighted by Crippen LogP contribution is -2.36. The first kappa shape index (κ1) is 20.4. The molecule has 0 saturated carbocycles. The van der Waals surface area contributed by atoms with Crippen LogP contribution in [0, 0.1) is 11.6 Å². The maximum absolute atomic E-state index is 13.6. The zero-order valence-electron chi connectivity index (χ0n) is 17.5. The van der Waals surface area contributed by atoms with Crippen LogP contribution in [0.4, 0.5) is 14.5 Å². The Hall–Kier alpha value is -3.52. The molecule has 164 valence electrons. The van der Waals surface area contributed by atoms with Gasteiger partial charge in [-0.25, -0.2) is 13.8 Å². The summed E-state index contributed by atoms with van der Waals surface area (Å²) in [5.41, 5.74) is 3.69. The Morgan fingerprint density at radius 3 is 2.66 bits per heavy atom. The summed E-state index contributed by atoms with van der Waals surface area (Å²) in [6, 6.07) is 8.73. The zero-order chi connectivity index (χ0) is 22.2. The number of rotatable bonds is 4. The maximum Gasteiger partial charge on any atom is 0.251 e. The first-order valence-electron chi connectivity index (χ1n) is 10.5. The van der Waals surface area contributed by atoms with E-state index in [1.54, 1.807) is 19.2 Å². The van der Waals surface area contributed by atoms with Crippen LogP contribution in [0.5, 0.6) is 0 Å². The molecule has 32 heavy (non-hydrogen) atoms. The third-order valence-corrected chi connectivity index (χ3v) is 6.00. The molecule has 8 heteroatoms. The average molecular weight is 436 g/mol. The summed E-state index contributed by atoms with van der Waals surface area (Å²) in [4.78, 5) is 22.8. The number of hydrogen-bond acceptors (Lipinski definition) is 4.